The number of hydrogen-bond acceptors (Lipinski definition) is 6. The van der Waals surface area contributed by atoms with Crippen molar-refractivity contribution < 1.29 is 24.2 Å². The Hall–Kier alpha value is -3.82. The lowest BCUT2D eigenvalue weighted by Crippen LogP contribution is -2.11. The SMILES string of the molecule is N#Cc1ccc(OC(=O)c2ccc(OC(=O)c3ccc(O)cc3)cc2Cl)cc1. The third-order valence-electron chi connectivity index (χ3n) is 3.67. The monoisotopic (exact) mass is 393 g/mol. The zero-order chi connectivity index (χ0) is 20.1. The van der Waals surface area contributed by atoms with Crippen LogP contribution < -0.4 is 9.47 Å². The van der Waals surface area contributed by atoms with Gasteiger partial charge in [0.15, 0.2) is 0 Å². The minimum Gasteiger partial charge on any atom is -0.508 e. The van der Waals surface area contributed by atoms with Gasteiger partial charge in [-0.25, -0.2) is 9.59 Å². The first kappa shape index (κ1) is 19.0. The zero-order valence-electron chi connectivity index (χ0n) is 14.3. The summed E-state index contributed by atoms with van der Waals surface area (Å²) in [5, 5.41) is 18.1. The molecule has 1 N–H and O–H groups in total. The van der Waals surface area contributed by atoms with Crippen LogP contribution in [0, 0.1) is 11.3 Å². The van der Waals surface area contributed by atoms with Crippen molar-refractivity contribution in [3.63, 3.8) is 0 Å². The molecule has 0 aliphatic carbocycles. The summed E-state index contributed by atoms with van der Waals surface area (Å²) in [7, 11) is 0. The minimum absolute atomic E-state index is 0.0322. The quantitative estimate of drug-likeness (QED) is 0.522. The van der Waals surface area contributed by atoms with E-state index in [1.54, 1.807) is 0 Å². The van der Waals surface area contributed by atoms with Crippen LogP contribution in [0.25, 0.3) is 0 Å². The van der Waals surface area contributed by atoms with Gasteiger partial charge in [-0.1, -0.05) is 11.6 Å². The van der Waals surface area contributed by atoms with Crippen molar-refractivity contribution in [1.82, 2.24) is 0 Å². The summed E-state index contributed by atoms with van der Waals surface area (Å²) in [4.78, 5) is 24.4. The van der Waals surface area contributed by atoms with Crippen molar-refractivity contribution in [3.05, 3.63) is 88.4 Å². The molecule has 0 heterocycles. The topological polar surface area (TPSA) is 96.6 Å². The van der Waals surface area contributed by atoms with Gasteiger partial charge < -0.3 is 14.6 Å². The van der Waals surface area contributed by atoms with Gasteiger partial charge in [-0.15, -0.1) is 0 Å². The molecule has 0 spiro atoms. The number of rotatable bonds is 4. The molecule has 7 heteroatoms. The normalized spacial score (nSPS) is 10.0. The van der Waals surface area contributed by atoms with E-state index in [2.05, 4.69) is 0 Å². The first-order valence-electron chi connectivity index (χ1n) is 7.99. The van der Waals surface area contributed by atoms with E-state index in [4.69, 9.17) is 26.3 Å². The summed E-state index contributed by atoms with van der Waals surface area (Å²) in [6.45, 7) is 0. The van der Waals surface area contributed by atoms with Gasteiger partial charge in [-0.05, 0) is 60.7 Å². The Morgan fingerprint density at radius 1 is 0.857 bits per heavy atom. The van der Waals surface area contributed by atoms with Gasteiger partial charge in [0.25, 0.3) is 0 Å². The van der Waals surface area contributed by atoms with Crippen LogP contribution in [-0.2, 0) is 0 Å². The first-order valence-corrected chi connectivity index (χ1v) is 8.37. The molecule has 0 aromatic heterocycles. The number of benzene rings is 3. The molecule has 3 rings (SSSR count). The first-order chi connectivity index (χ1) is 13.5. The molecule has 0 aliphatic rings. The van der Waals surface area contributed by atoms with Crippen LogP contribution >= 0.6 is 11.6 Å². The number of phenolic OH excluding ortho intramolecular Hbond substituents is 1. The lowest BCUT2D eigenvalue weighted by atomic mass is 10.2. The summed E-state index contributed by atoms with van der Waals surface area (Å²) in [6, 6.07) is 17.7. The lowest BCUT2D eigenvalue weighted by molar-refractivity contribution is 0.0730. The van der Waals surface area contributed by atoms with Crippen LogP contribution in [0.3, 0.4) is 0 Å². The average Bonchev–Trinajstić information content (AvgIpc) is 2.69. The van der Waals surface area contributed by atoms with E-state index in [0.717, 1.165) is 0 Å². The number of aromatic hydroxyl groups is 1. The third kappa shape index (κ3) is 4.47. The van der Waals surface area contributed by atoms with Gasteiger partial charge in [-0.3, -0.25) is 0 Å². The Morgan fingerprint density at radius 3 is 2.07 bits per heavy atom. The summed E-state index contributed by atoms with van der Waals surface area (Å²) >= 11 is 6.12. The van der Waals surface area contributed by atoms with E-state index in [-0.39, 0.29) is 33.4 Å². The molecule has 28 heavy (non-hydrogen) atoms. The van der Waals surface area contributed by atoms with Crippen LogP contribution in [-0.4, -0.2) is 17.0 Å². The predicted molar refractivity (Wildman–Crippen MR) is 101 cm³/mol. The second kappa shape index (κ2) is 8.25. The minimum atomic E-state index is -0.689. The number of nitrogens with zero attached hydrogens (tertiary/aromatic N) is 1. The Kier molecular flexibility index (Phi) is 5.58. The average molecular weight is 394 g/mol. The number of phenols is 1. The van der Waals surface area contributed by atoms with Crippen LogP contribution in [0.2, 0.25) is 5.02 Å². The van der Waals surface area contributed by atoms with E-state index in [1.807, 2.05) is 6.07 Å². The molecule has 0 saturated carbocycles. The number of esters is 2. The van der Waals surface area contributed by atoms with Crippen LogP contribution in [0.5, 0.6) is 17.2 Å². The highest BCUT2D eigenvalue weighted by atomic mass is 35.5. The van der Waals surface area contributed by atoms with Crippen LogP contribution in [0.1, 0.15) is 26.3 Å². The zero-order valence-corrected chi connectivity index (χ0v) is 15.0. The fourth-order valence-corrected chi connectivity index (χ4v) is 2.50. The standard InChI is InChI=1S/C21H12ClNO5/c22-19-11-17(28-20(25)14-3-5-15(24)6-4-14)9-10-18(19)21(26)27-16-7-1-13(12-23)2-8-16/h1-11,24H. The van der Waals surface area contributed by atoms with Crippen molar-refractivity contribution in [2.45, 2.75) is 0 Å². The maximum Gasteiger partial charge on any atom is 0.345 e. The molecule has 0 amide bonds. The lowest BCUT2D eigenvalue weighted by Gasteiger charge is -2.08. The molecule has 0 fully saturated rings. The highest BCUT2D eigenvalue weighted by Crippen LogP contribution is 2.25. The van der Waals surface area contributed by atoms with E-state index < -0.39 is 11.9 Å². The smallest absolute Gasteiger partial charge is 0.345 e. The van der Waals surface area contributed by atoms with Crippen molar-refractivity contribution in [2.75, 3.05) is 0 Å². The van der Waals surface area contributed by atoms with E-state index in [1.165, 1.54) is 66.7 Å². The van der Waals surface area contributed by atoms with Gasteiger partial charge in [0, 0.05) is 6.07 Å². The fraction of sp³-hybridized carbons (Fsp3) is 0. The summed E-state index contributed by atoms with van der Waals surface area (Å²) in [5.74, 6) is -0.874. The maximum absolute atomic E-state index is 12.3. The van der Waals surface area contributed by atoms with Crippen LogP contribution in [0.4, 0.5) is 0 Å². The summed E-state index contributed by atoms with van der Waals surface area (Å²) in [6.07, 6.45) is 0. The van der Waals surface area contributed by atoms with Crippen molar-refractivity contribution in [1.29, 1.82) is 5.26 Å². The molecule has 0 saturated heterocycles. The number of carbonyl (C=O) groups excluding carboxylic acids is 2. The second-order valence-electron chi connectivity index (χ2n) is 5.60. The molecule has 0 unspecified atom stereocenters. The van der Waals surface area contributed by atoms with E-state index in [0.29, 0.717) is 5.56 Å². The van der Waals surface area contributed by atoms with Crippen molar-refractivity contribution >= 4 is 23.5 Å². The van der Waals surface area contributed by atoms with Crippen molar-refractivity contribution in [3.8, 4) is 23.3 Å². The Labute approximate surface area is 165 Å². The molecule has 3 aromatic rings. The van der Waals surface area contributed by atoms with E-state index in [9.17, 15) is 14.7 Å². The number of nitriles is 1. The van der Waals surface area contributed by atoms with Gasteiger partial charge in [0.2, 0.25) is 0 Å². The molecule has 0 radical (unpaired) electrons. The molecule has 0 atom stereocenters. The largest absolute Gasteiger partial charge is 0.508 e. The molecule has 138 valence electrons. The van der Waals surface area contributed by atoms with Gasteiger partial charge in [0.1, 0.15) is 17.2 Å². The predicted octanol–water partition coefficient (Wildman–Crippen LogP) is 4.36. The van der Waals surface area contributed by atoms with Gasteiger partial charge in [-0.2, -0.15) is 5.26 Å². The Bertz CT molecular complexity index is 1070. The highest BCUT2D eigenvalue weighted by Gasteiger charge is 2.16. The number of carbonyl (C=O) groups is 2. The summed E-state index contributed by atoms with van der Waals surface area (Å²) in [5.41, 5.74) is 0.784. The fourth-order valence-electron chi connectivity index (χ4n) is 2.25. The molecule has 0 aliphatic heterocycles. The number of ether oxygens (including phenoxy) is 2. The highest BCUT2D eigenvalue weighted by molar-refractivity contribution is 6.33. The Balaban J connectivity index is 1.70. The molecule has 3 aromatic carbocycles. The van der Waals surface area contributed by atoms with Gasteiger partial charge >= 0.3 is 11.9 Å². The third-order valence-corrected chi connectivity index (χ3v) is 3.98. The second-order valence-corrected chi connectivity index (χ2v) is 6.01. The number of hydrogen-bond donors (Lipinski definition) is 1. The molecule has 0 bridgehead atoms. The Morgan fingerprint density at radius 2 is 1.46 bits per heavy atom. The molecular weight excluding hydrogens is 382 g/mol. The van der Waals surface area contributed by atoms with Gasteiger partial charge in [0.05, 0.1) is 27.8 Å². The molecular formula is C21H12ClNO5. The van der Waals surface area contributed by atoms with E-state index >= 15 is 0 Å². The van der Waals surface area contributed by atoms with Crippen molar-refractivity contribution in [2.24, 2.45) is 0 Å². The van der Waals surface area contributed by atoms with Crippen LogP contribution in [0.15, 0.2) is 66.7 Å². The summed E-state index contributed by atoms with van der Waals surface area (Å²) < 4.78 is 10.4. The number of halogens is 1. The maximum atomic E-state index is 12.3. The molecule has 6 nitrogen and oxygen atoms in total.